The largest absolute Gasteiger partial charge is 0.497 e. The number of halogens is 2. The zero-order valence-corrected chi connectivity index (χ0v) is 21.4. The Kier molecular flexibility index (Phi) is 6.73. The molecular formula is C22H24Br2N2O7. The molecule has 33 heavy (non-hydrogen) atoms. The monoisotopic (exact) mass is 586 g/mol. The summed E-state index contributed by atoms with van der Waals surface area (Å²) in [5, 5.41) is 2.60. The van der Waals surface area contributed by atoms with Crippen molar-refractivity contribution in [2.24, 2.45) is 23.7 Å². The molecule has 1 aromatic carbocycles. The fourth-order valence-electron chi connectivity index (χ4n) is 5.20. The van der Waals surface area contributed by atoms with E-state index in [-0.39, 0.29) is 33.3 Å². The first kappa shape index (κ1) is 24.0. The normalized spacial score (nSPS) is 30.8. The van der Waals surface area contributed by atoms with E-state index in [2.05, 4.69) is 37.2 Å². The molecule has 178 valence electrons. The van der Waals surface area contributed by atoms with Crippen LogP contribution in [0.25, 0.3) is 0 Å². The van der Waals surface area contributed by atoms with Gasteiger partial charge in [-0.2, -0.15) is 0 Å². The Morgan fingerprint density at radius 1 is 1.09 bits per heavy atom. The molecule has 2 saturated carbocycles. The summed E-state index contributed by atoms with van der Waals surface area (Å²) in [5.74, 6) is -1.85. The van der Waals surface area contributed by atoms with Crippen molar-refractivity contribution in [3.05, 3.63) is 18.2 Å². The van der Waals surface area contributed by atoms with Gasteiger partial charge in [0.25, 0.3) is 5.91 Å². The third-order valence-corrected chi connectivity index (χ3v) is 9.98. The first-order valence-corrected chi connectivity index (χ1v) is 12.4. The summed E-state index contributed by atoms with van der Waals surface area (Å²) in [6.07, 6.45) is 0.806. The van der Waals surface area contributed by atoms with Crippen molar-refractivity contribution in [3.8, 4) is 11.5 Å². The van der Waals surface area contributed by atoms with E-state index >= 15 is 0 Å². The standard InChI is InChI=1S/C22H24Br2N2O7/c1-9(26-20(28)16-11-7-12(17(16)21(26)29)19(24)18(11)23)22(30)33-8-15(27)25-13-5-4-10(31-2)6-14(13)32-3/h4-6,9,11-12,16-19H,7-8H2,1-3H3,(H,25,27)/t9-,11+,12+,16+,17+,18-,19-/m0/s1. The quantitative estimate of drug-likeness (QED) is 0.296. The predicted octanol–water partition coefficient (Wildman–Crippen LogP) is 2.35. The Balaban J connectivity index is 1.36. The number of amides is 3. The smallest absolute Gasteiger partial charge is 0.329 e. The number of hydrogen-bond acceptors (Lipinski definition) is 7. The van der Waals surface area contributed by atoms with Gasteiger partial charge in [-0.05, 0) is 37.3 Å². The van der Waals surface area contributed by atoms with Gasteiger partial charge in [-0.1, -0.05) is 31.9 Å². The number of imide groups is 1. The first-order valence-electron chi connectivity index (χ1n) is 10.5. The summed E-state index contributed by atoms with van der Waals surface area (Å²) in [5.41, 5.74) is 0.384. The van der Waals surface area contributed by atoms with Crippen LogP contribution < -0.4 is 14.8 Å². The minimum absolute atomic E-state index is 0.0549. The van der Waals surface area contributed by atoms with Crippen LogP contribution in [0.3, 0.4) is 0 Å². The molecule has 3 aliphatic rings. The Labute approximate surface area is 207 Å². The number of hydrogen-bond donors (Lipinski definition) is 1. The summed E-state index contributed by atoms with van der Waals surface area (Å²) in [6, 6.07) is 3.74. The fourth-order valence-corrected chi connectivity index (χ4v) is 7.08. The van der Waals surface area contributed by atoms with Crippen LogP contribution in [0.5, 0.6) is 11.5 Å². The molecule has 0 radical (unpaired) electrons. The molecule has 0 spiro atoms. The second-order valence-corrected chi connectivity index (χ2v) is 10.6. The molecule has 7 atom stereocenters. The van der Waals surface area contributed by atoms with E-state index in [1.165, 1.54) is 21.1 Å². The predicted molar refractivity (Wildman–Crippen MR) is 124 cm³/mol. The maximum atomic E-state index is 13.0. The van der Waals surface area contributed by atoms with Crippen molar-refractivity contribution in [3.63, 3.8) is 0 Å². The van der Waals surface area contributed by atoms with Crippen molar-refractivity contribution in [2.45, 2.75) is 29.0 Å². The van der Waals surface area contributed by atoms with Crippen LogP contribution in [-0.4, -0.2) is 65.1 Å². The van der Waals surface area contributed by atoms with Crippen LogP contribution in [0, 0.1) is 23.7 Å². The van der Waals surface area contributed by atoms with Gasteiger partial charge in [0.1, 0.15) is 17.5 Å². The van der Waals surface area contributed by atoms with Crippen molar-refractivity contribution >= 4 is 61.2 Å². The summed E-state index contributed by atoms with van der Waals surface area (Å²) in [4.78, 5) is 52.2. The van der Waals surface area contributed by atoms with E-state index < -0.39 is 36.4 Å². The van der Waals surface area contributed by atoms with E-state index in [1.807, 2.05) is 0 Å². The van der Waals surface area contributed by atoms with Crippen molar-refractivity contribution < 1.29 is 33.4 Å². The number of likely N-dealkylation sites (tertiary alicyclic amines) is 1. The van der Waals surface area contributed by atoms with Gasteiger partial charge in [0.15, 0.2) is 6.61 Å². The van der Waals surface area contributed by atoms with E-state index in [1.54, 1.807) is 18.2 Å². The highest BCUT2D eigenvalue weighted by Crippen LogP contribution is 2.60. The molecule has 1 aromatic rings. The lowest BCUT2D eigenvalue weighted by atomic mass is 9.81. The van der Waals surface area contributed by atoms with Gasteiger partial charge < -0.3 is 19.5 Å². The maximum Gasteiger partial charge on any atom is 0.329 e. The first-order chi connectivity index (χ1) is 15.7. The van der Waals surface area contributed by atoms with Gasteiger partial charge in [0.05, 0.1) is 31.7 Å². The molecule has 2 aliphatic carbocycles. The number of nitrogens with one attached hydrogen (secondary N) is 1. The molecule has 1 N–H and O–H groups in total. The van der Waals surface area contributed by atoms with Crippen molar-refractivity contribution in [1.29, 1.82) is 0 Å². The average molecular weight is 588 g/mol. The molecule has 1 saturated heterocycles. The number of rotatable bonds is 7. The average Bonchev–Trinajstić information content (AvgIpc) is 3.42. The van der Waals surface area contributed by atoms with Crippen LogP contribution in [0.15, 0.2) is 18.2 Å². The number of carbonyl (C=O) groups is 4. The highest BCUT2D eigenvalue weighted by Gasteiger charge is 2.67. The van der Waals surface area contributed by atoms with Gasteiger partial charge in [-0.15, -0.1) is 0 Å². The number of nitrogens with zero attached hydrogens (tertiary/aromatic N) is 1. The molecule has 0 unspecified atom stereocenters. The molecular weight excluding hydrogens is 564 g/mol. The highest BCUT2D eigenvalue weighted by atomic mass is 79.9. The van der Waals surface area contributed by atoms with Crippen LogP contribution >= 0.6 is 31.9 Å². The van der Waals surface area contributed by atoms with Crippen molar-refractivity contribution in [1.82, 2.24) is 4.90 Å². The molecule has 11 heteroatoms. The summed E-state index contributed by atoms with van der Waals surface area (Å²) in [7, 11) is 2.96. The number of esters is 1. The second kappa shape index (κ2) is 9.25. The maximum absolute atomic E-state index is 13.0. The highest BCUT2D eigenvalue weighted by molar-refractivity contribution is 9.12. The Hall–Kier alpha value is -2.14. The van der Waals surface area contributed by atoms with Gasteiger partial charge in [0, 0.05) is 15.7 Å². The lowest BCUT2D eigenvalue weighted by Gasteiger charge is -2.28. The third kappa shape index (κ3) is 4.03. The Morgan fingerprint density at radius 2 is 1.70 bits per heavy atom. The number of alkyl halides is 2. The molecule has 9 nitrogen and oxygen atoms in total. The van der Waals surface area contributed by atoms with E-state index in [0.29, 0.717) is 17.2 Å². The molecule has 4 rings (SSSR count). The van der Waals surface area contributed by atoms with Crippen LogP contribution in [0.1, 0.15) is 13.3 Å². The van der Waals surface area contributed by atoms with Crippen LogP contribution in [0.4, 0.5) is 5.69 Å². The molecule has 2 bridgehead atoms. The van der Waals surface area contributed by atoms with Gasteiger partial charge in [-0.25, -0.2) is 4.79 Å². The number of benzene rings is 1. The molecule has 3 amide bonds. The van der Waals surface area contributed by atoms with Gasteiger partial charge in [0.2, 0.25) is 11.8 Å². The minimum Gasteiger partial charge on any atom is -0.497 e. The lowest BCUT2D eigenvalue weighted by molar-refractivity contribution is -0.159. The third-order valence-electron chi connectivity index (χ3n) is 6.78. The van der Waals surface area contributed by atoms with Crippen molar-refractivity contribution in [2.75, 3.05) is 26.1 Å². The minimum atomic E-state index is -1.11. The Bertz CT molecular complexity index is 971. The lowest BCUT2D eigenvalue weighted by Crippen LogP contribution is -2.45. The number of ether oxygens (including phenoxy) is 3. The zero-order valence-electron chi connectivity index (χ0n) is 18.2. The van der Waals surface area contributed by atoms with Gasteiger partial charge >= 0.3 is 5.97 Å². The molecule has 0 aromatic heterocycles. The molecule has 3 fully saturated rings. The van der Waals surface area contributed by atoms with E-state index in [9.17, 15) is 19.2 Å². The summed E-state index contributed by atoms with van der Waals surface area (Å²) < 4.78 is 15.5. The van der Waals surface area contributed by atoms with Crippen LogP contribution in [-0.2, 0) is 23.9 Å². The van der Waals surface area contributed by atoms with E-state index in [4.69, 9.17) is 14.2 Å². The number of anilines is 1. The second-order valence-electron chi connectivity index (χ2n) is 8.45. The Morgan fingerprint density at radius 3 is 2.24 bits per heavy atom. The number of fused-ring (bicyclic) bond motifs is 5. The summed E-state index contributed by atoms with van der Waals surface area (Å²) in [6.45, 7) is 0.877. The van der Waals surface area contributed by atoms with Gasteiger partial charge in [-0.3, -0.25) is 19.3 Å². The SMILES string of the molecule is COc1ccc(NC(=O)COC(=O)[C@H](C)N2C(=O)[C@@H]3[C@H]4C[C@@H]([C@H](Br)[C@H]4Br)[C@H]3C2=O)c(OC)c1. The molecule has 1 heterocycles. The summed E-state index contributed by atoms with van der Waals surface area (Å²) >= 11 is 7.27. The van der Waals surface area contributed by atoms with E-state index in [0.717, 1.165) is 11.3 Å². The topological polar surface area (TPSA) is 111 Å². The van der Waals surface area contributed by atoms with Crippen LogP contribution in [0.2, 0.25) is 0 Å². The number of methoxy groups -OCH3 is 2. The fraction of sp³-hybridized carbons (Fsp3) is 0.545. The number of carbonyl (C=O) groups excluding carboxylic acids is 4. The molecule has 1 aliphatic heterocycles. The zero-order chi connectivity index (χ0) is 24.0.